The molecule has 4 aromatic rings. The predicted molar refractivity (Wildman–Crippen MR) is 85.7 cm³/mol. The number of aromatic nitrogens is 1. The number of nitrogens with one attached hydrogen (secondary N) is 1. The van der Waals surface area contributed by atoms with Gasteiger partial charge in [0.2, 0.25) is 5.78 Å². The van der Waals surface area contributed by atoms with Gasteiger partial charge < -0.3 is 4.98 Å². The third-order valence-electron chi connectivity index (χ3n) is 3.81. The van der Waals surface area contributed by atoms with Crippen LogP contribution in [0.3, 0.4) is 0 Å². The molecular weight excluding hydrogens is 258 g/mol. The molecule has 0 saturated heterocycles. The van der Waals surface area contributed by atoms with Crippen LogP contribution in [0.5, 0.6) is 0 Å². The topological polar surface area (TPSA) is 32.9 Å². The van der Waals surface area contributed by atoms with Gasteiger partial charge in [-0.15, -0.1) is 0 Å². The number of carbonyl (C=O) groups is 1. The summed E-state index contributed by atoms with van der Waals surface area (Å²) in [6, 6.07) is 23.6. The molecule has 0 fully saturated rings. The van der Waals surface area contributed by atoms with E-state index in [0.717, 1.165) is 27.2 Å². The van der Waals surface area contributed by atoms with E-state index in [4.69, 9.17) is 0 Å². The fourth-order valence-electron chi connectivity index (χ4n) is 2.76. The van der Waals surface area contributed by atoms with Crippen LogP contribution in [0.4, 0.5) is 0 Å². The Bertz CT molecular complexity index is 927. The molecule has 0 aliphatic rings. The molecule has 1 heterocycles. The number of para-hydroxylation sites is 1. The summed E-state index contributed by atoms with van der Waals surface area (Å²) in [6.07, 6.45) is 0. The predicted octanol–water partition coefficient (Wildman–Crippen LogP) is 4.55. The van der Waals surface area contributed by atoms with Crippen LogP contribution in [0, 0.1) is 0 Å². The summed E-state index contributed by atoms with van der Waals surface area (Å²) < 4.78 is 0. The Labute approximate surface area is 122 Å². The molecule has 1 aromatic heterocycles. The van der Waals surface area contributed by atoms with Crippen molar-refractivity contribution in [1.29, 1.82) is 0 Å². The number of ketones is 1. The normalized spacial score (nSPS) is 11.0. The van der Waals surface area contributed by atoms with Gasteiger partial charge in [0.1, 0.15) is 0 Å². The minimum atomic E-state index is 0.0306. The van der Waals surface area contributed by atoms with Crippen molar-refractivity contribution in [3.05, 3.63) is 84.1 Å². The summed E-state index contributed by atoms with van der Waals surface area (Å²) in [5.74, 6) is 0.0306. The number of fused-ring (bicyclic) bond motifs is 2. The van der Waals surface area contributed by atoms with Crippen LogP contribution in [-0.2, 0) is 0 Å². The first-order chi connectivity index (χ1) is 10.3. The Balaban J connectivity index is 1.90. The molecule has 0 radical (unpaired) electrons. The Kier molecular flexibility index (Phi) is 2.61. The fourth-order valence-corrected chi connectivity index (χ4v) is 2.76. The van der Waals surface area contributed by atoms with Crippen molar-refractivity contribution in [2.24, 2.45) is 0 Å². The number of H-pyrrole nitrogens is 1. The first-order valence-electron chi connectivity index (χ1n) is 6.93. The summed E-state index contributed by atoms with van der Waals surface area (Å²) in [7, 11) is 0. The van der Waals surface area contributed by atoms with Gasteiger partial charge in [-0.2, -0.15) is 0 Å². The van der Waals surface area contributed by atoms with E-state index in [2.05, 4.69) is 4.98 Å². The third kappa shape index (κ3) is 1.93. The second kappa shape index (κ2) is 4.60. The minimum Gasteiger partial charge on any atom is -0.352 e. The van der Waals surface area contributed by atoms with Gasteiger partial charge in [-0.05, 0) is 22.9 Å². The largest absolute Gasteiger partial charge is 0.352 e. The standard InChI is InChI=1S/C19H13NO/c21-19(18-12-14-7-2-4-11-17(14)20-18)16-10-5-8-13-6-1-3-9-15(13)16/h1-12,20H. The molecule has 0 unspecified atom stereocenters. The van der Waals surface area contributed by atoms with E-state index in [-0.39, 0.29) is 5.78 Å². The van der Waals surface area contributed by atoms with E-state index in [0.29, 0.717) is 5.69 Å². The van der Waals surface area contributed by atoms with Gasteiger partial charge in [-0.25, -0.2) is 0 Å². The number of hydrogen-bond donors (Lipinski definition) is 1. The number of rotatable bonds is 2. The molecule has 0 spiro atoms. The van der Waals surface area contributed by atoms with Crippen LogP contribution in [-0.4, -0.2) is 10.8 Å². The molecule has 0 bridgehead atoms. The highest BCUT2D eigenvalue weighted by molar-refractivity contribution is 6.16. The Morgan fingerprint density at radius 2 is 1.48 bits per heavy atom. The first kappa shape index (κ1) is 11.9. The first-order valence-corrected chi connectivity index (χ1v) is 6.93. The van der Waals surface area contributed by atoms with Gasteiger partial charge in [0.05, 0.1) is 5.69 Å². The van der Waals surface area contributed by atoms with Gasteiger partial charge in [0.25, 0.3) is 0 Å². The summed E-state index contributed by atoms with van der Waals surface area (Å²) >= 11 is 0. The van der Waals surface area contributed by atoms with Crippen LogP contribution in [0.2, 0.25) is 0 Å². The maximum atomic E-state index is 12.8. The van der Waals surface area contributed by atoms with Crippen LogP contribution in [0.15, 0.2) is 72.8 Å². The zero-order valence-corrected chi connectivity index (χ0v) is 11.3. The Morgan fingerprint density at radius 3 is 2.33 bits per heavy atom. The van der Waals surface area contributed by atoms with Crippen molar-refractivity contribution < 1.29 is 4.79 Å². The average Bonchev–Trinajstić information content (AvgIpc) is 2.97. The van der Waals surface area contributed by atoms with Gasteiger partial charge in [-0.3, -0.25) is 4.79 Å². The Morgan fingerprint density at radius 1 is 0.762 bits per heavy atom. The minimum absolute atomic E-state index is 0.0306. The molecule has 0 saturated carbocycles. The lowest BCUT2D eigenvalue weighted by atomic mass is 10.00. The third-order valence-corrected chi connectivity index (χ3v) is 3.81. The highest BCUT2D eigenvalue weighted by Gasteiger charge is 2.14. The van der Waals surface area contributed by atoms with E-state index in [1.54, 1.807) is 0 Å². The molecule has 0 aliphatic carbocycles. The van der Waals surface area contributed by atoms with E-state index < -0.39 is 0 Å². The van der Waals surface area contributed by atoms with Crippen LogP contribution < -0.4 is 0 Å². The SMILES string of the molecule is O=C(c1cc2ccccc2[nH]1)c1cccc2ccccc12. The molecule has 0 aliphatic heterocycles. The highest BCUT2D eigenvalue weighted by atomic mass is 16.1. The number of carbonyl (C=O) groups excluding carboxylic acids is 1. The van der Waals surface area contributed by atoms with E-state index >= 15 is 0 Å². The van der Waals surface area contributed by atoms with Gasteiger partial charge >= 0.3 is 0 Å². The second-order valence-electron chi connectivity index (χ2n) is 5.13. The monoisotopic (exact) mass is 271 g/mol. The molecule has 0 atom stereocenters. The highest BCUT2D eigenvalue weighted by Crippen LogP contribution is 2.23. The van der Waals surface area contributed by atoms with Crippen LogP contribution in [0.1, 0.15) is 16.1 Å². The molecule has 1 N–H and O–H groups in total. The molecule has 100 valence electrons. The van der Waals surface area contributed by atoms with Crippen molar-refractivity contribution in [1.82, 2.24) is 4.98 Å². The molecule has 3 aromatic carbocycles. The van der Waals surface area contributed by atoms with Crippen molar-refractivity contribution in [2.45, 2.75) is 0 Å². The molecule has 0 amide bonds. The number of hydrogen-bond acceptors (Lipinski definition) is 1. The van der Waals surface area contributed by atoms with Crippen LogP contribution >= 0.6 is 0 Å². The van der Waals surface area contributed by atoms with E-state index in [1.807, 2.05) is 72.8 Å². The molecule has 21 heavy (non-hydrogen) atoms. The van der Waals surface area contributed by atoms with Crippen molar-refractivity contribution in [3.8, 4) is 0 Å². The zero-order chi connectivity index (χ0) is 14.2. The van der Waals surface area contributed by atoms with Gasteiger partial charge in [-0.1, -0.05) is 60.7 Å². The van der Waals surface area contributed by atoms with Crippen LogP contribution in [0.25, 0.3) is 21.7 Å². The number of benzene rings is 3. The van der Waals surface area contributed by atoms with Crippen molar-refractivity contribution in [3.63, 3.8) is 0 Å². The zero-order valence-electron chi connectivity index (χ0n) is 11.3. The quantitative estimate of drug-likeness (QED) is 0.533. The lowest BCUT2D eigenvalue weighted by molar-refractivity contribution is 0.103. The molecule has 2 nitrogen and oxygen atoms in total. The fraction of sp³-hybridized carbons (Fsp3) is 0. The summed E-state index contributed by atoms with van der Waals surface area (Å²) in [5, 5.41) is 3.13. The molecule has 4 rings (SSSR count). The lowest BCUT2D eigenvalue weighted by Gasteiger charge is -2.04. The lowest BCUT2D eigenvalue weighted by Crippen LogP contribution is -2.02. The van der Waals surface area contributed by atoms with Crippen molar-refractivity contribution in [2.75, 3.05) is 0 Å². The van der Waals surface area contributed by atoms with Gasteiger partial charge in [0.15, 0.2) is 0 Å². The molecule has 2 heteroatoms. The smallest absolute Gasteiger partial charge is 0.209 e. The number of aromatic amines is 1. The van der Waals surface area contributed by atoms with E-state index in [9.17, 15) is 4.79 Å². The summed E-state index contributed by atoms with van der Waals surface area (Å²) in [6.45, 7) is 0. The van der Waals surface area contributed by atoms with E-state index in [1.165, 1.54) is 0 Å². The van der Waals surface area contributed by atoms with Crippen molar-refractivity contribution >= 4 is 27.5 Å². The average molecular weight is 271 g/mol. The summed E-state index contributed by atoms with van der Waals surface area (Å²) in [4.78, 5) is 16.0. The molecular formula is C19H13NO. The summed E-state index contributed by atoms with van der Waals surface area (Å²) in [5.41, 5.74) is 2.35. The van der Waals surface area contributed by atoms with Gasteiger partial charge in [0, 0.05) is 16.5 Å². The second-order valence-corrected chi connectivity index (χ2v) is 5.13. The maximum Gasteiger partial charge on any atom is 0.209 e. The maximum absolute atomic E-state index is 12.8. The Hall–Kier alpha value is -2.87.